The number of halogens is 5. The van der Waals surface area contributed by atoms with Crippen LogP contribution in [0.2, 0.25) is 10.0 Å². The number of hydrogen-bond acceptors (Lipinski definition) is 1. The molecule has 0 unspecified atom stereocenters. The van der Waals surface area contributed by atoms with Gasteiger partial charge in [0.1, 0.15) is 5.52 Å². The Labute approximate surface area is 127 Å². The summed E-state index contributed by atoms with van der Waals surface area (Å²) in [5.74, 6) is 0. The summed E-state index contributed by atoms with van der Waals surface area (Å²) in [4.78, 5) is 6.58. The van der Waals surface area contributed by atoms with Crippen LogP contribution in [0.1, 0.15) is 5.56 Å². The van der Waals surface area contributed by atoms with Crippen LogP contribution in [0.25, 0.3) is 22.2 Å². The van der Waals surface area contributed by atoms with Crippen molar-refractivity contribution in [1.29, 1.82) is 0 Å². The first kappa shape index (κ1) is 14.2. The third kappa shape index (κ3) is 2.36. The van der Waals surface area contributed by atoms with Crippen molar-refractivity contribution in [3.05, 3.63) is 52.3 Å². The van der Waals surface area contributed by atoms with E-state index in [1.807, 2.05) is 0 Å². The molecule has 3 rings (SSSR count). The highest BCUT2D eigenvalue weighted by Crippen LogP contribution is 2.44. The van der Waals surface area contributed by atoms with Gasteiger partial charge in [0, 0.05) is 5.56 Å². The summed E-state index contributed by atoms with van der Waals surface area (Å²) in [6.07, 6.45) is -2.02. The van der Waals surface area contributed by atoms with Crippen molar-refractivity contribution >= 4 is 34.2 Å². The molecular formula is C14H6Cl2F3N2. The molecular weight excluding hydrogens is 324 g/mol. The number of nitrogens with one attached hydrogen (secondary N) is 1. The lowest BCUT2D eigenvalue weighted by Crippen LogP contribution is -2.07. The second kappa shape index (κ2) is 4.93. The Balaban J connectivity index is 2.36. The third-order valence-corrected chi connectivity index (χ3v) is 3.72. The minimum atomic E-state index is -4.50. The highest BCUT2D eigenvalue weighted by molar-refractivity contribution is 6.42. The molecule has 107 valence electrons. The van der Waals surface area contributed by atoms with Gasteiger partial charge in [-0.3, -0.25) is 0 Å². The van der Waals surface area contributed by atoms with E-state index in [0.717, 1.165) is 6.07 Å². The molecule has 7 heteroatoms. The Morgan fingerprint density at radius 3 is 2.57 bits per heavy atom. The number of alkyl halides is 3. The fraction of sp³-hybridized carbons (Fsp3) is 0.0714. The second-order valence-corrected chi connectivity index (χ2v) is 5.12. The van der Waals surface area contributed by atoms with Crippen LogP contribution in [0.3, 0.4) is 0 Å². The first-order valence-electron chi connectivity index (χ1n) is 5.80. The van der Waals surface area contributed by atoms with Gasteiger partial charge in [0.05, 0.1) is 21.1 Å². The minimum absolute atomic E-state index is 0.0618. The summed E-state index contributed by atoms with van der Waals surface area (Å²) in [5.41, 5.74) is 0.0723. The third-order valence-electron chi connectivity index (χ3n) is 3.05. The minimum Gasteiger partial charge on any atom is -0.335 e. The zero-order valence-corrected chi connectivity index (χ0v) is 11.7. The van der Waals surface area contributed by atoms with Crippen molar-refractivity contribution in [3.8, 4) is 11.1 Å². The SMILES string of the molecule is FC(F)(F)c1ccccc1-c1c(Cl)cc2[nH][c]nc2c1Cl. The van der Waals surface area contributed by atoms with Crippen molar-refractivity contribution in [2.24, 2.45) is 0 Å². The van der Waals surface area contributed by atoms with Crippen LogP contribution >= 0.6 is 23.2 Å². The van der Waals surface area contributed by atoms with Crippen molar-refractivity contribution in [1.82, 2.24) is 9.97 Å². The monoisotopic (exact) mass is 329 g/mol. The first-order chi connectivity index (χ1) is 9.89. The first-order valence-corrected chi connectivity index (χ1v) is 6.55. The summed E-state index contributed by atoms with van der Waals surface area (Å²) < 4.78 is 39.4. The van der Waals surface area contributed by atoms with Gasteiger partial charge in [-0.25, -0.2) is 4.98 Å². The molecule has 0 fully saturated rings. The van der Waals surface area contributed by atoms with E-state index in [-0.39, 0.29) is 21.2 Å². The number of benzene rings is 2. The van der Waals surface area contributed by atoms with E-state index in [1.165, 1.54) is 24.3 Å². The number of hydrogen-bond donors (Lipinski definition) is 1. The smallest absolute Gasteiger partial charge is 0.335 e. The maximum Gasteiger partial charge on any atom is 0.417 e. The van der Waals surface area contributed by atoms with Gasteiger partial charge < -0.3 is 4.98 Å². The molecule has 0 aliphatic rings. The average molecular weight is 330 g/mol. The number of aromatic amines is 1. The Hall–Kier alpha value is -1.72. The summed E-state index contributed by atoms with van der Waals surface area (Å²) >= 11 is 12.3. The van der Waals surface area contributed by atoms with E-state index in [4.69, 9.17) is 23.2 Å². The standard InChI is InChI=1S/C14H6Cl2F3N2/c15-9-5-10-13(21-6-20-10)12(16)11(9)7-3-1-2-4-8(7)14(17,18)19/h1-5H,(H,20,21). The van der Waals surface area contributed by atoms with Crippen LogP contribution in [0.15, 0.2) is 30.3 Å². The molecule has 0 aliphatic heterocycles. The van der Waals surface area contributed by atoms with E-state index in [2.05, 4.69) is 16.3 Å². The van der Waals surface area contributed by atoms with E-state index in [9.17, 15) is 13.2 Å². The quantitative estimate of drug-likeness (QED) is 0.640. The second-order valence-electron chi connectivity index (χ2n) is 4.34. The number of aromatic nitrogens is 2. The maximum atomic E-state index is 13.1. The largest absolute Gasteiger partial charge is 0.417 e. The molecule has 1 aromatic heterocycles. The van der Waals surface area contributed by atoms with Crippen LogP contribution in [-0.4, -0.2) is 9.97 Å². The predicted molar refractivity (Wildman–Crippen MR) is 75.4 cm³/mol. The maximum absolute atomic E-state index is 13.1. The Morgan fingerprint density at radius 2 is 1.86 bits per heavy atom. The normalized spacial score (nSPS) is 12.0. The molecule has 21 heavy (non-hydrogen) atoms. The van der Waals surface area contributed by atoms with Crippen LogP contribution in [-0.2, 0) is 6.18 Å². The van der Waals surface area contributed by atoms with Gasteiger partial charge in [-0.15, -0.1) is 0 Å². The topological polar surface area (TPSA) is 28.7 Å². The lowest BCUT2D eigenvalue weighted by atomic mass is 9.98. The molecule has 0 saturated heterocycles. The molecule has 3 aromatic rings. The molecule has 0 bridgehead atoms. The van der Waals surface area contributed by atoms with Gasteiger partial charge in [-0.1, -0.05) is 41.4 Å². The fourth-order valence-electron chi connectivity index (χ4n) is 2.15. The zero-order valence-electron chi connectivity index (χ0n) is 10.2. The van der Waals surface area contributed by atoms with Crippen molar-refractivity contribution < 1.29 is 13.2 Å². The zero-order chi connectivity index (χ0) is 15.2. The molecule has 1 N–H and O–H groups in total. The van der Waals surface area contributed by atoms with Crippen LogP contribution < -0.4 is 0 Å². The molecule has 0 atom stereocenters. The molecule has 0 aliphatic carbocycles. The Kier molecular flexibility index (Phi) is 3.34. The van der Waals surface area contributed by atoms with Gasteiger partial charge in [-0.05, 0) is 17.7 Å². The number of imidazole rings is 1. The number of nitrogens with zero attached hydrogens (tertiary/aromatic N) is 1. The number of H-pyrrole nitrogens is 1. The highest BCUT2D eigenvalue weighted by atomic mass is 35.5. The Morgan fingerprint density at radius 1 is 1.14 bits per heavy atom. The van der Waals surface area contributed by atoms with E-state index >= 15 is 0 Å². The molecule has 2 nitrogen and oxygen atoms in total. The van der Waals surface area contributed by atoms with Crippen molar-refractivity contribution in [2.75, 3.05) is 0 Å². The molecule has 0 spiro atoms. The molecule has 0 saturated carbocycles. The van der Waals surface area contributed by atoms with Crippen LogP contribution in [0.5, 0.6) is 0 Å². The van der Waals surface area contributed by atoms with Crippen LogP contribution in [0, 0.1) is 6.33 Å². The van der Waals surface area contributed by atoms with E-state index in [1.54, 1.807) is 0 Å². The summed E-state index contributed by atoms with van der Waals surface area (Å²) in [5, 5.41) is 0.175. The number of fused-ring (bicyclic) bond motifs is 1. The van der Waals surface area contributed by atoms with Crippen LogP contribution in [0.4, 0.5) is 13.2 Å². The Bertz CT molecular complexity index is 825. The molecule has 2 aromatic carbocycles. The fourth-order valence-corrected chi connectivity index (χ4v) is 2.85. The molecule has 0 amide bonds. The van der Waals surface area contributed by atoms with Gasteiger partial charge in [-0.2, -0.15) is 13.2 Å². The lowest BCUT2D eigenvalue weighted by molar-refractivity contribution is -0.137. The molecule has 1 heterocycles. The predicted octanol–water partition coefficient (Wildman–Crippen LogP) is 5.36. The summed E-state index contributed by atoms with van der Waals surface area (Å²) in [6.45, 7) is 0. The van der Waals surface area contributed by atoms with Crippen molar-refractivity contribution in [2.45, 2.75) is 6.18 Å². The lowest BCUT2D eigenvalue weighted by Gasteiger charge is -2.15. The van der Waals surface area contributed by atoms with E-state index < -0.39 is 11.7 Å². The summed E-state index contributed by atoms with van der Waals surface area (Å²) in [6, 6.07) is 6.61. The van der Waals surface area contributed by atoms with Gasteiger partial charge >= 0.3 is 6.18 Å². The van der Waals surface area contributed by atoms with Crippen molar-refractivity contribution in [3.63, 3.8) is 0 Å². The van der Waals surface area contributed by atoms with Gasteiger partial charge in [0.2, 0.25) is 0 Å². The number of rotatable bonds is 1. The van der Waals surface area contributed by atoms with E-state index in [0.29, 0.717) is 11.0 Å². The van der Waals surface area contributed by atoms with Gasteiger partial charge in [0.15, 0.2) is 6.33 Å². The highest BCUT2D eigenvalue weighted by Gasteiger charge is 2.34. The molecule has 1 radical (unpaired) electrons. The van der Waals surface area contributed by atoms with Gasteiger partial charge in [0.25, 0.3) is 0 Å². The summed E-state index contributed by atoms with van der Waals surface area (Å²) in [7, 11) is 0. The average Bonchev–Trinajstić information content (AvgIpc) is 2.86.